The Labute approximate surface area is 223 Å². The lowest BCUT2D eigenvalue weighted by Gasteiger charge is -2.33. The molecule has 0 aliphatic rings. The summed E-state index contributed by atoms with van der Waals surface area (Å²) in [5.41, 5.74) is 4.27. The van der Waals surface area contributed by atoms with Gasteiger partial charge in [-0.1, -0.05) is 42.8 Å². The van der Waals surface area contributed by atoms with Crippen LogP contribution in [0.5, 0.6) is 0 Å². The average molecular weight is 530 g/mol. The minimum absolute atomic E-state index is 0.127. The lowest BCUT2D eigenvalue weighted by Crippen LogP contribution is -2.53. The van der Waals surface area contributed by atoms with E-state index in [1.54, 1.807) is 11.0 Å². The van der Waals surface area contributed by atoms with E-state index in [9.17, 15) is 18.0 Å². The highest BCUT2D eigenvalue weighted by molar-refractivity contribution is 7.92. The van der Waals surface area contributed by atoms with Gasteiger partial charge in [-0.2, -0.15) is 0 Å². The van der Waals surface area contributed by atoms with E-state index in [-0.39, 0.29) is 24.8 Å². The summed E-state index contributed by atoms with van der Waals surface area (Å²) in [6, 6.07) is 12.8. The van der Waals surface area contributed by atoms with Crippen LogP contribution in [0.4, 0.5) is 5.69 Å². The molecule has 204 valence electrons. The van der Waals surface area contributed by atoms with Gasteiger partial charge in [0.05, 0.1) is 11.9 Å². The maximum Gasteiger partial charge on any atom is 0.243 e. The van der Waals surface area contributed by atoms with Crippen molar-refractivity contribution in [1.82, 2.24) is 10.2 Å². The molecule has 2 rings (SSSR count). The van der Waals surface area contributed by atoms with Gasteiger partial charge >= 0.3 is 0 Å². The van der Waals surface area contributed by atoms with Gasteiger partial charge in [-0.05, 0) is 83.2 Å². The van der Waals surface area contributed by atoms with E-state index in [2.05, 4.69) is 5.32 Å². The number of nitrogens with zero attached hydrogens (tertiary/aromatic N) is 2. The van der Waals surface area contributed by atoms with Crippen molar-refractivity contribution in [2.45, 2.75) is 85.9 Å². The van der Waals surface area contributed by atoms with Crippen molar-refractivity contribution >= 4 is 27.5 Å². The zero-order valence-corrected chi connectivity index (χ0v) is 24.4. The number of aryl methyl sites for hydroxylation is 3. The fourth-order valence-electron chi connectivity index (χ4n) is 4.26. The van der Waals surface area contributed by atoms with Gasteiger partial charge in [-0.15, -0.1) is 0 Å². The van der Waals surface area contributed by atoms with Gasteiger partial charge in [0.25, 0.3) is 0 Å². The van der Waals surface area contributed by atoms with Crippen molar-refractivity contribution in [2.75, 3.05) is 17.1 Å². The largest absolute Gasteiger partial charge is 0.350 e. The van der Waals surface area contributed by atoms with Crippen LogP contribution in [0.15, 0.2) is 42.5 Å². The highest BCUT2D eigenvalue weighted by atomic mass is 32.2. The summed E-state index contributed by atoms with van der Waals surface area (Å²) in [7, 11) is -3.53. The van der Waals surface area contributed by atoms with Crippen LogP contribution in [0, 0.1) is 20.8 Å². The summed E-state index contributed by atoms with van der Waals surface area (Å²) < 4.78 is 26.5. The van der Waals surface area contributed by atoms with Crippen LogP contribution in [0.2, 0.25) is 0 Å². The van der Waals surface area contributed by atoms with Gasteiger partial charge < -0.3 is 10.2 Å². The van der Waals surface area contributed by atoms with Crippen molar-refractivity contribution in [3.05, 3.63) is 64.7 Å². The van der Waals surface area contributed by atoms with E-state index in [0.717, 1.165) is 22.3 Å². The predicted octanol–water partition coefficient (Wildman–Crippen LogP) is 4.88. The molecular weight excluding hydrogens is 486 g/mol. The first-order chi connectivity index (χ1) is 17.1. The summed E-state index contributed by atoms with van der Waals surface area (Å²) in [6.45, 7) is 14.0. The number of carbonyl (C=O) groups excluding carboxylic acids is 2. The van der Waals surface area contributed by atoms with E-state index in [1.807, 2.05) is 84.9 Å². The number of amides is 2. The van der Waals surface area contributed by atoms with Gasteiger partial charge in [-0.3, -0.25) is 13.9 Å². The van der Waals surface area contributed by atoms with Crippen LogP contribution in [0.25, 0.3) is 0 Å². The Balaban J connectivity index is 2.26. The maximum absolute atomic E-state index is 13.5. The molecule has 37 heavy (non-hydrogen) atoms. The molecule has 0 unspecified atom stereocenters. The minimum Gasteiger partial charge on any atom is -0.350 e. The lowest BCUT2D eigenvalue weighted by atomic mass is 10.0. The second kappa shape index (κ2) is 12.6. The standard InChI is InChI=1S/C29H43N3O4S/c1-9-26(28(34)30-29(5,6)7)31(20-24-13-10-12-21(2)18-24)27(33)14-11-17-32(37(8,35)36)25-16-15-22(3)23(4)19-25/h10,12-13,15-16,18-19,26H,9,11,14,17,20H2,1-8H3,(H,30,34)/t26-/m1/s1. The molecule has 0 saturated heterocycles. The number of rotatable bonds is 11. The van der Waals surface area contributed by atoms with Crippen molar-refractivity contribution in [1.29, 1.82) is 0 Å². The Morgan fingerprint density at radius 1 is 1.00 bits per heavy atom. The van der Waals surface area contributed by atoms with E-state index in [1.165, 1.54) is 10.6 Å². The molecule has 7 nitrogen and oxygen atoms in total. The van der Waals surface area contributed by atoms with Crippen LogP contribution in [-0.2, 0) is 26.2 Å². The van der Waals surface area contributed by atoms with E-state index >= 15 is 0 Å². The van der Waals surface area contributed by atoms with Crippen molar-refractivity contribution in [2.24, 2.45) is 0 Å². The maximum atomic E-state index is 13.5. The Morgan fingerprint density at radius 2 is 1.68 bits per heavy atom. The van der Waals surface area contributed by atoms with Gasteiger partial charge in [0.15, 0.2) is 0 Å². The van der Waals surface area contributed by atoms with Gasteiger partial charge in [0, 0.05) is 25.0 Å². The van der Waals surface area contributed by atoms with Gasteiger partial charge in [0.1, 0.15) is 6.04 Å². The molecular formula is C29H43N3O4S. The SMILES string of the molecule is CC[C@H](C(=O)NC(C)(C)C)N(Cc1cccc(C)c1)C(=O)CCCN(c1ccc(C)c(C)c1)S(C)(=O)=O. The molecule has 1 atom stereocenters. The third-order valence-corrected chi connectivity index (χ3v) is 7.44. The molecule has 0 heterocycles. The monoisotopic (exact) mass is 529 g/mol. The first kappa shape index (κ1) is 30.4. The highest BCUT2D eigenvalue weighted by Crippen LogP contribution is 2.22. The van der Waals surface area contributed by atoms with E-state index < -0.39 is 21.6 Å². The summed E-state index contributed by atoms with van der Waals surface area (Å²) >= 11 is 0. The Kier molecular flexibility index (Phi) is 10.3. The molecule has 1 N–H and O–H groups in total. The van der Waals surface area contributed by atoms with Crippen molar-refractivity contribution in [3.8, 4) is 0 Å². The van der Waals surface area contributed by atoms with Crippen LogP contribution in [-0.4, -0.2) is 49.5 Å². The molecule has 2 aromatic rings. The number of carbonyl (C=O) groups is 2. The molecule has 2 amide bonds. The summed E-state index contributed by atoms with van der Waals surface area (Å²) in [6.07, 6.45) is 2.11. The topological polar surface area (TPSA) is 86.8 Å². The molecule has 0 aromatic heterocycles. The predicted molar refractivity (Wildman–Crippen MR) is 151 cm³/mol. The molecule has 0 bridgehead atoms. The molecule has 2 aromatic carbocycles. The van der Waals surface area contributed by atoms with Gasteiger partial charge in [-0.25, -0.2) is 8.42 Å². The van der Waals surface area contributed by atoms with E-state index in [4.69, 9.17) is 0 Å². The Morgan fingerprint density at radius 3 is 2.22 bits per heavy atom. The summed E-state index contributed by atoms with van der Waals surface area (Å²) in [5, 5.41) is 3.01. The van der Waals surface area contributed by atoms with Crippen LogP contribution in [0.1, 0.15) is 69.2 Å². The lowest BCUT2D eigenvalue weighted by molar-refractivity contribution is -0.142. The zero-order valence-electron chi connectivity index (χ0n) is 23.6. The Hall–Kier alpha value is -2.87. The van der Waals surface area contributed by atoms with Crippen LogP contribution < -0.4 is 9.62 Å². The smallest absolute Gasteiger partial charge is 0.243 e. The summed E-state index contributed by atoms with van der Waals surface area (Å²) in [5.74, 6) is -0.366. The highest BCUT2D eigenvalue weighted by Gasteiger charge is 2.30. The quantitative estimate of drug-likeness (QED) is 0.449. The third-order valence-electron chi connectivity index (χ3n) is 6.25. The van der Waals surface area contributed by atoms with Crippen LogP contribution in [0.3, 0.4) is 0 Å². The number of anilines is 1. The number of sulfonamides is 1. The molecule has 0 saturated carbocycles. The van der Waals surface area contributed by atoms with Crippen molar-refractivity contribution < 1.29 is 18.0 Å². The van der Waals surface area contributed by atoms with Gasteiger partial charge in [0.2, 0.25) is 21.8 Å². The normalized spacial score (nSPS) is 12.6. The molecule has 0 fully saturated rings. The number of nitrogens with one attached hydrogen (secondary N) is 1. The Bertz CT molecular complexity index is 1200. The molecule has 8 heteroatoms. The summed E-state index contributed by atoms with van der Waals surface area (Å²) in [4.78, 5) is 28.3. The zero-order chi connectivity index (χ0) is 28.0. The fraction of sp³-hybridized carbons (Fsp3) is 0.517. The molecule has 0 aliphatic carbocycles. The average Bonchev–Trinajstić information content (AvgIpc) is 2.76. The number of hydrogen-bond acceptors (Lipinski definition) is 4. The van der Waals surface area contributed by atoms with E-state index in [0.29, 0.717) is 25.1 Å². The first-order valence-corrected chi connectivity index (χ1v) is 14.7. The molecule has 0 aliphatic heterocycles. The van der Waals surface area contributed by atoms with Crippen molar-refractivity contribution in [3.63, 3.8) is 0 Å². The molecule has 0 radical (unpaired) electrons. The second-order valence-corrected chi connectivity index (χ2v) is 12.8. The minimum atomic E-state index is -3.53. The second-order valence-electron chi connectivity index (χ2n) is 10.9. The first-order valence-electron chi connectivity index (χ1n) is 12.8. The number of hydrogen-bond donors (Lipinski definition) is 1. The third kappa shape index (κ3) is 9.18. The number of benzene rings is 2. The molecule has 0 spiro atoms. The fourth-order valence-corrected chi connectivity index (χ4v) is 5.22. The van der Waals surface area contributed by atoms with Crippen LogP contribution >= 0.6 is 0 Å².